The summed E-state index contributed by atoms with van der Waals surface area (Å²) >= 11 is 3.26. The number of hydrogen-bond donors (Lipinski definition) is 2. The van der Waals surface area contributed by atoms with Gasteiger partial charge < -0.3 is 14.9 Å². The van der Waals surface area contributed by atoms with Crippen molar-refractivity contribution in [2.45, 2.75) is 12.8 Å². The van der Waals surface area contributed by atoms with E-state index in [0.29, 0.717) is 10.0 Å². The zero-order valence-electron chi connectivity index (χ0n) is 9.07. The molecule has 0 aliphatic carbocycles. The molecule has 1 aromatic carbocycles. The van der Waals surface area contributed by atoms with E-state index in [1.165, 1.54) is 13.2 Å². The lowest BCUT2D eigenvalue weighted by Crippen LogP contribution is -2.06. The van der Waals surface area contributed by atoms with Gasteiger partial charge in [-0.2, -0.15) is 0 Å². The number of methoxy groups -OCH3 is 1. The average Bonchev–Trinajstić information content (AvgIpc) is 2.26. The number of carboxylic acids is 2. The van der Waals surface area contributed by atoms with Crippen molar-refractivity contribution in [1.82, 2.24) is 0 Å². The Kier molecular flexibility index (Phi) is 4.51. The molecule has 0 spiro atoms. The molecular weight excluding hydrogens is 292 g/mol. The number of carbonyl (C=O) groups is 2. The third-order valence-electron chi connectivity index (χ3n) is 2.23. The largest absolute Gasteiger partial charge is 0.496 e. The van der Waals surface area contributed by atoms with Crippen LogP contribution in [-0.4, -0.2) is 29.3 Å². The van der Waals surface area contributed by atoms with Crippen LogP contribution in [-0.2, 0) is 11.2 Å². The van der Waals surface area contributed by atoms with E-state index in [9.17, 15) is 9.59 Å². The van der Waals surface area contributed by atoms with Crippen LogP contribution in [0, 0.1) is 0 Å². The van der Waals surface area contributed by atoms with Crippen molar-refractivity contribution >= 4 is 27.9 Å². The van der Waals surface area contributed by atoms with Gasteiger partial charge >= 0.3 is 11.9 Å². The molecule has 6 heteroatoms. The Labute approximate surface area is 106 Å². The van der Waals surface area contributed by atoms with Crippen LogP contribution >= 0.6 is 15.9 Å². The second kappa shape index (κ2) is 5.67. The van der Waals surface area contributed by atoms with Gasteiger partial charge in [0, 0.05) is 16.5 Å². The highest BCUT2D eigenvalue weighted by molar-refractivity contribution is 9.10. The number of benzene rings is 1. The summed E-state index contributed by atoms with van der Waals surface area (Å²) in [4.78, 5) is 21.5. The van der Waals surface area contributed by atoms with Crippen molar-refractivity contribution < 1.29 is 24.5 Å². The molecule has 2 N–H and O–H groups in total. The average molecular weight is 303 g/mol. The molecule has 92 valence electrons. The molecule has 0 atom stereocenters. The molecule has 0 heterocycles. The Bertz CT molecular complexity index is 455. The van der Waals surface area contributed by atoms with Gasteiger partial charge in [-0.25, -0.2) is 4.79 Å². The minimum atomic E-state index is -1.11. The SMILES string of the molecule is COc1c(C(=O)O)ccc(Br)c1CCC(=O)O. The van der Waals surface area contributed by atoms with Crippen LogP contribution in [0.2, 0.25) is 0 Å². The summed E-state index contributed by atoms with van der Waals surface area (Å²) < 4.78 is 5.69. The minimum Gasteiger partial charge on any atom is -0.496 e. The summed E-state index contributed by atoms with van der Waals surface area (Å²) in [5.74, 6) is -1.85. The highest BCUT2D eigenvalue weighted by atomic mass is 79.9. The van der Waals surface area contributed by atoms with E-state index in [0.717, 1.165) is 0 Å². The third kappa shape index (κ3) is 3.20. The number of hydrogen-bond acceptors (Lipinski definition) is 3. The first kappa shape index (κ1) is 13.5. The van der Waals surface area contributed by atoms with Crippen molar-refractivity contribution in [3.05, 3.63) is 27.7 Å². The normalized spacial score (nSPS) is 10.0. The number of carboxylic acid groups (broad SMARTS) is 2. The molecule has 5 nitrogen and oxygen atoms in total. The molecule has 0 fully saturated rings. The molecule has 1 rings (SSSR count). The maximum Gasteiger partial charge on any atom is 0.339 e. The molecule has 1 aromatic rings. The van der Waals surface area contributed by atoms with Crippen molar-refractivity contribution in [2.75, 3.05) is 7.11 Å². The Morgan fingerprint density at radius 3 is 2.47 bits per heavy atom. The molecule has 0 amide bonds. The van der Waals surface area contributed by atoms with Gasteiger partial charge in [-0.15, -0.1) is 0 Å². The number of rotatable bonds is 5. The van der Waals surface area contributed by atoms with E-state index in [-0.39, 0.29) is 24.2 Å². The maximum absolute atomic E-state index is 11.0. The molecule has 0 aliphatic rings. The van der Waals surface area contributed by atoms with E-state index in [1.807, 2.05) is 0 Å². The van der Waals surface area contributed by atoms with Gasteiger partial charge in [0.1, 0.15) is 11.3 Å². The third-order valence-corrected chi connectivity index (χ3v) is 2.97. The van der Waals surface area contributed by atoms with Gasteiger partial charge in [-0.3, -0.25) is 4.79 Å². The van der Waals surface area contributed by atoms with Gasteiger partial charge in [-0.05, 0) is 18.6 Å². The highest BCUT2D eigenvalue weighted by Gasteiger charge is 2.18. The highest BCUT2D eigenvalue weighted by Crippen LogP contribution is 2.31. The van der Waals surface area contributed by atoms with Crippen LogP contribution in [0.5, 0.6) is 5.75 Å². The quantitative estimate of drug-likeness (QED) is 0.871. The van der Waals surface area contributed by atoms with E-state index >= 15 is 0 Å². The van der Waals surface area contributed by atoms with Gasteiger partial charge in [-0.1, -0.05) is 15.9 Å². The molecule has 0 aromatic heterocycles. The zero-order valence-corrected chi connectivity index (χ0v) is 10.7. The first-order valence-electron chi connectivity index (χ1n) is 4.77. The topological polar surface area (TPSA) is 83.8 Å². The van der Waals surface area contributed by atoms with E-state index in [2.05, 4.69) is 15.9 Å². The minimum absolute atomic E-state index is 0.0242. The van der Waals surface area contributed by atoms with Crippen LogP contribution in [0.4, 0.5) is 0 Å². The Morgan fingerprint density at radius 1 is 1.35 bits per heavy atom. The second-order valence-corrected chi connectivity index (χ2v) is 4.16. The summed E-state index contributed by atoms with van der Waals surface area (Å²) in [5.41, 5.74) is 0.575. The van der Waals surface area contributed by atoms with Crippen LogP contribution < -0.4 is 4.74 Å². The van der Waals surface area contributed by atoms with Crippen molar-refractivity contribution in [3.63, 3.8) is 0 Å². The lowest BCUT2D eigenvalue weighted by molar-refractivity contribution is -0.136. The predicted octanol–water partition coefficient (Wildman–Crippen LogP) is 2.17. The number of aliphatic carboxylic acids is 1. The van der Waals surface area contributed by atoms with E-state index in [4.69, 9.17) is 14.9 Å². The fourth-order valence-electron chi connectivity index (χ4n) is 1.47. The Morgan fingerprint density at radius 2 is 2.00 bits per heavy atom. The van der Waals surface area contributed by atoms with E-state index in [1.54, 1.807) is 6.07 Å². The van der Waals surface area contributed by atoms with Crippen LogP contribution in [0.25, 0.3) is 0 Å². The van der Waals surface area contributed by atoms with Crippen LogP contribution in [0.1, 0.15) is 22.3 Å². The molecular formula is C11H11BrO5. The molecule has 0 aliphatic heterocycles. The summed E-state index contributed by atoms with van der Waals surface area (Å²) in [7, 11) is 1.36. The van der Waals surface area contributed by atoms with Crippen LogP contribution in [0.15, 0.2) is 16.6 Å². The van der Waals surface area contributed by atoms with Gasteiger partial charge in [0.15, 0.2) is 0 Å². The lowest BCUT2D eigenvalue weighted by Gasteiger charge is -2.12. The number of aromatic carboxylic acids is 1. The van der Waals surface area contributed by atoms with Crippen molar-refractivity contribution in [1.29, 1.82) is 0 Å². The molecule has 0 radical (unpaired) electrons. The maximum atomic E-state index is 11.0. The molecule has 0 saturated heterocycles. The summed E-state index contributed by atoms with van der Waals surface area (Å²) in [5, 5.41) is 17.6. The van der Waals surface area contributed by atoms with Crippen LogP contribution in [0.3, 0.4) is 0 Å². The number of ether oxygens (including phenoxy) is 1. The van der Waals surface area contributed by atoms with Gasteiger partial charge in [0.2, 0.25) is 0 Å². The fourth-order valence-corrected chi connectivity index (χ4v) is 1.98. The van der Waals surface area contributed by atoms with Crippen molar-refractivity contribution in [3.8, 4) is 5.75 Å². The van der Waals surface area contributed by atoms with Gasteiger partial charge in [0.05, 0.1) is 7.11 Å². The van der Waals surface area contributed by atoms with Crippen molar-refractivity contribution in [2.24, 2.45) is 0 Å². The Hall–Kier alpha value is -1.56. The first-order valence-corrected chi connectivity index (χ1v) is 5.57. The van der Waals surface area contributed by atoms with E-state index < -0.39 is 11.9 Å². The Balaban J connectivity index is 3.20. The monoisotopic (exact) mass is 302 g/mol. The lowest BCUT2D eigenvalue weighted by atomic mass is 10.0. The molecule has 0 unspecified atom stereocenters. The second-order valence-electron chi connectivity index (χ2n) is 3.31. The molecule has 0 saturated carbocycles. The van der Waals surface area contributed by atoms with Gasteiger partial charge in [0.25, 0.3) is 0 Å². The predicted molar refractivity (Wildman–Crippen MR) is 63.6 cm³/mol. The smallest absolute Gasteiger partial charge is 0.339 e. The standard InChI is InChI=1S/C11H11BrO5/c1-17-10-6(3-5-9(13)14)8(12)4-2-7(10)11(15)16/h2,4H,3,5H2,1H3,(H,13,14)(H,15,16). The summed E-state index contributed by atoms with van der Waals surface area (Å²) in [6.07, 6.45) is 0.123. The molecule has 17 heavy (non-hydrogen) atoms. The first-order chi connectivity index (χ1) is 7.97. The molecule has 0 bridgehead atoms. The summed E-state index contributed by atoms with van der Waals surface area (Å²) in [6, 6.07) is 2.98. The zero-order chi connectivity index (χ0) is 13.0. The number of halogens is 1. The fraction of sp³-hybridized carbons (Fsp3) is 0.273. The summed E-state index contributed by atoms with van der Waals surface area (Å²) in [6.45, 7) is 0.